The molecule has 3 rings (SSSR count). The summed E-state index contributed by atoms with van der Waals surface area (Å²) in [5.41, 5.74) is -0.374. The molecule has 1 atom stereocenters. The van der Waals surface area contributed by atoms with Gasteiger partial charge in [0.05, 0.1) is 51.4 Å². The minimum atomic E-state index is -1.04. The molecule has 33 heavy (non-hydrogen) atoms. The zero-order chi connectivity index (χ0) is 24.0. The smallest absolute Gasteiger partial charge is 0.252 e. The molecule has 0 bridgehead atoms. The molecule has 0 fully saturated rings. The monoisotopic (exact) mass is 464 g/mol. The predicted octanol–water partition coefficient (Wildman–Crippen LogP) is 1.61. The number of nitrogens with one attached hydrogen (secondary N) is 1. The highest BCUT2D eigenvalue weighted by Crippen LogP contribution is 2.32. The summed E-state index contributed by atoms with van der Waals surface area (Å²) < 4.78 is 45.3. The number of aromatic nitrogens is 3. The summed E-state index contributed by atoms with van der Waals surface area (Å²) in [6.45, 7) is -0.961. The first-order chi connectivity index (χ1) is 15.9. The quantitative estimate of drug-likeness (QED) is 0.410. The number of anilines is 2. The highest BCUT2D eigenvalue weighted by Gasteiger charge is 2.20. The van der Waals surface area contributed by atoms with Gasteiger partial charge in [0, 0.05) is 24.0 Å². The van der Waals surface area contributed by atoms with Gasteiger partial charge in [0.1, 0.15) is 6.61 Å². The summed E-state index contributed by atoms with van der Waals surface area (Å²) in [4.78, 5) is 20.2. The van der Waals surface area contributed by atoms with E-state index in [1.165, 1.54) is 43.4 Å². The minimum absolute atomic E-state index is 0.0432. The van der Waals surface area contributed by atoms with Gasteiger partial charge in [-0.25, -0.2) is 18.7 Å². The summed E-state index contributed by atoms with van der Waals surface area (Å²) in [7, 11) is 2.50. The van der Waals surface area contributed by atoms with Crippen LogP contribution in [0.15, 0.2) is 41.6 Å². The third-order valence-corrected chi connectivity index (χ3v) is 4.55. The summed E-state index contributed by atoms with van der Waals surface area (Å²) in [5.74, 6) is -1.89. The van der Waals surface area contributed by atoms with Gasteiger partial charge in [0.25, 0.3) is 5.56 Å². The van der Waals surface area contributed by atoms with Crippen LogP contribution in [-0.4, -0.2) is 51.7 Å². The first-order valence-electron chi connectivity index (χ1n) is 9.66. The number of aliphatic hydroxyl groups excluding tert-OH is 2. The maximum atomic E-state index is 14.4. The lowest BCUT2D eigenvalue weighted by Gasteiger charge is -2.13. The number of ether oxygens (including phenoxy) is 3. The third-order valence-electron chi connectivity index (χ3n) is 4.55. The molecule has 0 aliphatic rings. The van der Waals surface area contributed by atoms with E-state index in [-0.39, 0.29) is 35.3 Å². The molecule has 0 radical (unpaired) electrons. The minimum Gasteiger partial charge on any atom is -0.494 e. The highest BCUT2D eigenvalue weighted by atomic mass is 19.1. The van der Waals surface area contributed by atoms with Gasteiger partial charge in [-0.3, -0.25) is 4.79 Å². The normalized spacial score (nSPS) is 11.7. The molecule has 0 aliphatic carbocycles. The molecular formula is C21H22F2N4O6. The van der Waals surface area contributed by atoms with Crippen molar-refractivity contribution in [2.75, 3.05) is 26.1 Å². The van der Waals surface area contributed by atoms with Crippen LogP contribution in [0.5, 0.6) is 17.2 Å². The molecule has 1 aromatic carbocycles. The largest absolute Gasteiger partial charge is 0.494 e. The van der Waals surface area contributed by atoms with Gasteiger partial charge >= 0.3 is 0 Å². The van der Waals surface area contributed by atoms with Crippen LogP contribution in [0.4, 0.5) is 20.4 Å². The number of nitrogens with zero attached hydrogens (tertiary/aromatic N) is 3. The van der Waals surface area contributed by atoms with Crippen molar-refractivity contribution < 1.29 is 33.2 Å². The molecule has 176 valence electrons. The average molecular weight is 464 g/mol. The lowest BCUT2D eigenvalue weighted by molar-refractivity contribution is 0.0804. The second-order valence-corrected chi connectivity index (χ2v) is 6.79. The number of methoxy groups -OCH3 is 2. The highest BCUT2D eigenvalue weighted by molar-refractivity contribution is 5.51. The molecule has 3 N–H and O–H groups in total. The van der Waals surface area contributed by atoms with E-state index in [0.29, 0.717) is 5.69 Å². The van der Waals surface area contributed by atoms with Gasteiger partial charge < -0.3 is 34.3 Å². The van der Waals surface area contributed by atoms with E-state index >= 15 is 0 Å². The average Bonchev–Trinajstić information content (AvgIpc) is 2.82. The Labute approximate surface area is 187 Å². The summed E-state index contributed by atoms with van der Waals surface area (Å²) in [5, 5.41) is 21.2. The molecular weight excluding hydrogens is 442 g/mol. The Morgan fingerprint density at radius 2 is 1.76 bits per heavy atom. The Hall–Kier alpha value is -3.77. The zero-order valence-electron chi connectivity index (χ0n) is 17.8. The van der Waals surface area contributed by atoms with Gasteiger partial charge in [-0.05, 0) is 6.07 Å². The number of aliphatic hydroxyl groups is 2. The van der Waals surface area contributed by atoms with E-state index in [1.807, 2.05) is 0 Å². The maximum absolute atomic E-state index is 14.4. The van der Waals surface area contributed by atoms with Gasteiger partial charge in [-0.2, -0.15) is 0 Å². The van der Waals surface area contributed by atoms with Crippen molar-refractivity contribution in [1.82, 2.24) is 14.5 Å². The molecule has 2 heterocycles. The number of benzene rings is 1. The Balaban J connectivity index is 1.67. The standard InChI is InChI=1S/C21H22F2N4O6/c1-31-16-6-17(32-2)20(23)15(19(16)22)11-33-14-7-24-21(25-8-14)26-12-3-4-27(18(30)5-12)9-13(29)10-28/h3-8,13,28-29H,9-11H2,1-2H3,(H,24,25,26)/t13-/m0/s1. The van der Waals surface area contributed by atoms with E-state index < -0.39 is 36.5 Å². The van der Waals surface area contributed by atoms with Crippen LogP contribution < -0.4 is 25.1 Å². The second kappa shape index (κ2) is 10.7. The molecule has 0 aliphatic heterocycles. The Kier molecular flexibility index (Phi) is 7.74. The van der Waals surface area contributed by atoms with Crippen molar-refractivity contribution in [2.24, 2.45) is 0 Å². The van der Waals surface area contributed by atoms with Crippen LogP contribution in [0.25, 0.3) is 0 Å². The van der Waals surface area contributed by atoms with Crippen LogP contribution in [-0.2, 0) is 13.2 Å². The van der Waals surface area contributed by atoms with E-state index in [9.17, 15) is 18.7 Å². The second-order valence-electron chi connectivity index (χ2n) is 6.79. The first-order valence-corrected chi connectivity index (χ1v) is 9.66. The van der Waals surface area contributed by atoms with E-state index in [1.54, 1.807) is 6.07 Å². The Morgan fingerprint density at radius 3 is 2.30 bits per heavy atom. The van der Waals surface area contributed by atoms with Crippen LogP contribution in [0.3, 0.4) is 0 Å². The van der Waals surface area contributed by atoms with Crippen molar-refractivity contribution >= 4 is 11.6 Å². The van der Waals surface area contributed by atoms with Gasteiger partial charge in [-0.1, -0.05) is 0 Å². The molecule has 0 amide bonds. The van der Waals surface area contributed by atoms with Crippen LogP contribution in [0.1, 0.15) is 5.56 Å². The molecule has 0 saturated heterocycles. The zero-order valence-corrected chi connectivity index (χ0v) is 17.8. The molecule has 0 unspecified atom stereocenters. The molecule has 3 aromatic rings. The number of hydrogen-bond donors (Lipinski definition) is 3. The number of halogens is 2. The van der Waals surface area contributed by atoms with Crippen molar-refractivity contribution in [3.63, 3.8) is 0 Å². The van der Waals surface area contributed by atoms with Crippen molar-refractivity contribution in [1.29, 1.82) is 0 Å². The summed E-state index contributed by atoms with van der Waals surface area (Å²) in [6, 6.07) is 3.95. The van der Waals surface area contributed by atoms with Crippen molar-refractivity contribution in [3.05, 3.63) is 64.3 Å². The van der Waals surface area contributed by atoms with Gasteiger partial charge in [0.15, 0.2) is 28.9 Å². The maximum Gasteiger partial charge on any atom is 0.252 e. The lowest BCUT2D eigenvalue weighted by Crippen LogP contribution is -2.27. The Morgan fingerprint density at radius 1 is 1.12 bits per heavy atom. The van der Waals surface area contributed by atoms with Gasteiger partial charge in [-0.15, -0.1) is 0 Å². The predicted molar refractivity (Wildman–Crippen MR) is 113 cm³/mol. The van der Waals surface area contributed by atoms with E-state index in [2.05, 4.69) is 15.3 Å². The van der Waals surface area contributed by atoms with Crippen molar-refractivity contribution in [3.8, 4) is 17.2 Å². The fourth-order valence-electron chi connectivity index (χ4n) is 2.82. The molecule has 10 nitrogen and oxygen atoms in total. The fourth-order valence-corrected chi connectivity index (χ4v) is 2.82. The van der Waals surface area contributed by atoms with Crippen LogP contribution in [0, 0.1) is 11.6 Å². The molecule has 0 spiro atoms. The van der Waals surface area contributed by atoms with Crippen molar-refractivity contribution in [2.45, 2.75) is 19.3 Å². The number of pyridine rings is 1. The Bertz CT molecular complexity index is 1130. The third kappa shape index (κ3) is 5.73. The van der Waals surface area contributed by atoms with E-state index in [0.717, 1.165) is 6.07 Å². The van der Waals surface area contributed by atoms with Crippen LogP contribution >= 0.6 is 0 Å². The SMILES string of the molecule is COc1cc(OC)c(F)c(COc2cnc(Nc3ccn(C[C@H](O)CO)c(=O)c3)nc2)c1F. The fraction of sp³-hybridized carbons (Fsp3) is 0.286. The number of rotatable bonds is 10. The topological polar surface area (TPSA) is 128 Å². The lowest BCUT2D eigenvalue weighted by atomic mass is 10.1. The number of hydrogen-bond acceptors (Lipinski definition) is 9. The van der Waals surface area contributed by atoms with E-state index in [4.69, 9.17) is 19.3 Å². The molecule has 2 aromatic heterocycles. The van der Waals surface area contributed by atoms with Gasteiger partial charge in [0.2, 0.25) is 5.95 Å². The summed E-state index contributed by atoms with van der Waals surface area (Å²) in [6.07, 6.45) is 2.99. The first kappa shape index (κ1) is 23.9. The molecule has 12 heteroatoms. The molecule has 0 saturated carbocycles. The van der Waals surface area contributed by atoms with Crippen LogP contribution in [0.2, 0.25) is 0 Å². The summed E-state index contributed by atoms with van der Waals surface area (Å²) >= 11 is 0.